The second kappa shape index (κ2) is 14.5. The first kappa shape index (κ1) is 29.3. The number of unbranched alkanes of at least 4 members (excludes halogenated alkanes) is 1. The summed E-state index contributed by atoms with van der Waals surface area (Å²) >= 11 is 0. The Bertz CT molecular complexity index is 732. The van der Waals surface area contributed by atoms with Crippen molar-refractivity contribution in [3.8, 4) is 0 Å². The fraction of sp³-hybridized carbons (Fsp3) is 0.773. The van der Waals surface area contributed by atoms with E-state index >= 15 is 0 Å². The number of carbonyl (C=O) groups is 5. The molecule has 1 heterocycles. The Morgan fingerprint density at radius 2 is 1.74 bits per heavy atom. The molecule has 5 unspecified atom stereocenters. The largest absolute Gasteiger partial charge is 0.481 e. The van der Waals surface area contributed by atoms with Crippen molar-refractivity contribution in [1.82, 2.24) is 15.5 Å². The van der Waals surface area contributed by atoms with Crippen LogP contribution in [-0.2, 0) is 24.0 Å². The fourth-order valence-electron chi connectivity index (χ4n) is 3.82. The molecule has 0 bridgehead atoms. The van der Waals surface area contributed by atoms with Crippen LogP contribution < -0.4 is 22.1 Å². The highest BCUT2D eigenvalue weighted by atomic mass is 16.4. The Hall–Kier alpha value is -2.73. The average molecular weight is 486 g/mol. The first-order valence-electron chi connectivity index (χ1n) is 11.8. The molecule has 1 aliphatic rings. The number of nitrogens with zero attached hydrogens (tertiary/aromatic N) is 1. The second-order valence-corrected chi connectivity index (χ2v) is 8.78. The quantitative estimate of drug-likeness (QED) is 0.163. The molecule has 1 fully saturated rings. The molecule has 0 spiro atoms. The average Bonchev–Trinajstić information content (AvgIpc) is 3.29. The predicted molar refractivity (Wildman–Crippen MR) is 123 cm³/mol. The third kappa shape index (κ3) is 8.90. The second-order valence-electron chi connectivity index (χ2n) is 8.78. The van der Waals surface area contributed by atoms with Crippen molar-refractivity contribution in [3.05, 3.63) is 0 Å². The van der Waals surface area contributed by atoms with Crippen molar-refractivity contribution >= 4 is 29.7 Å². The lowest BCUT2D eigenvalue weighted by Gasteiger charge is -2.30. The number of amides is 3. The molecule has 194 valence electrons. The Kier molecular flexibility index (Phi) is 12.5. The van der Waals surface area contributed by atoms with Crippen molar-refractivity contribution in [2.24, 2.45) is 17.4 Å². The molecule has 5 atom stereocenters. The van der Waals surface area contributed by atoms with Gasteiger partial charge in [-0.1, -0.05) is 20.3 Å². The number of aliphatic carboxylic acids is 2. The van der Waals surface area contributed by atoms with E-state index in [0.717, 1.165) is 0 Å². The summed E-state index contributed by atoms with van der Waals surface area (Å²) < 4.78 is 0. The van der Waals surface area contributed by atoms with Gasteiger partial charge in [-0.3, -0.25) is 19.2 Å². The zero-order valence-corrected chi connectivity index (χ0v) is 20.0. The van der Waals surface area contributed by atoms with Gasteiger partial charge >= 0.3 is 11.9 Å². The molecule has 1 saturated heterocycles. The molecule has 0 radical (unpaired) electrons. The van der Waals surface area contributed by atoms with Gasteiger partial charge in [0, 0.05) is 13.0 Å². The van der Waals surface area contributed by atoms with Gasteiger partial charge in [0.05, 0.1) is 6.04 Å². The number of nitrogens with two attached hydrogens (primary N) is 2. The molecule has 0 aromatic rings. The molecular weight excluding hydrogens is 446 g/mol. The van der Waals surface area contributed by atoms with Gasteiger partial charge in [-0.05, 0) is 51.0 Å². The summed E-state index contributed by atoms with van der Waals surface area (Å²) in [6.45, 7) is 4.57. The lowest BCUT2D eigenvalue weighted by Crippen LogP contribution is -2.57. The summed E-state index contributed by atoms with van der Waals surface area (Å²) in [6, 6.07) is -3.95. The van der Waals surface area contributed by atoms with Gasteiger partial charge in [0.25, 0.3) is 0 Å². The fourth-order valence-corrected chi connectivity index (χ4v) is 3.82. The number of hydrogen-bond donors (Lipinski definition) is 6. The minimum atomic E-state index is -1.41. The first-order chi connectivity index (χ1) is 16.0. The van der Waals surface area contributed by atoms with Gasteiger partial charge in [-0.25, -0.2) is 4.79 Å². The van der Waals surface area contributed by atoms with Crippen LogP contribution >= 0.6 is 0 Å². The van der Waals surface area contributed by atoms with E-state index in [9.17, 15) is 29.1 Å². The van der Waals surface area contributed by atoms with Gasteiger partial charge in [-0.2, -0.15) is 0 Å². The lowest BCUT2D eigenvalue weighted by molar-refractivity contribution is -0.144. The van der Waals surface area contributed by atoms with Crippen molar-refractivity contribution in [2.45, 2.75) is 89.4 Å². The van der Waals surface area contributed by atoms with Crippen LogP contribution in [0.25, 0.3) is 0 Å². The lowest BCUT2D eigenvalue weighted by atomic mass is 9.98. The smallest absolute Gasteiger partial charge is 0.326 e. The number of carboxylic acids is 2. The van der Waals surface area contributed by atoms with Crippen LogP contribution in [-0.4, -0.2) is 82.0 Å². The highest BCUT2D eigenvalue weighted by Gasteiger charge is 2.38. The van der Waals surface area contributed by atoms with Crippen LogP contribution in [0.5, 0.6) is 0 Å². The molecule has 0 aliphatic carbocycles. The Morgan fingerprint density at radius 1 is 1.06 bits per heavy atom. The minimum Gasteiger partial charge on any atom is -0.481 e. The topological polar surface area (TPSA) is 205 Å². The number of hydrogen-bond acceptors (Lipinski definition) is 7. The van der Waals surface area contributed by atoms with Crippen LogP contribution in [0.4, 0.5) is 0 Å². The van der Waals surface area contributed by atoms with E-state index in [-0.39, 0.29) is 24.7 Å². The van der Waals surface area contributed by atoms with Crippen molar-refractivity contribution in [1.29, 1.82) is 0 Å². The molecule has 0 saturated carbocycles. The number of nitrogens with one attached hydrogen (secondary N) is 2. The maximum atomic E-state index is 13.1. The molecule has 3 amide bonds. The Balaban J connectivity index is 2.92. The molecule has 12 nitrogen and oxygen atoms in total. The zero-order chi connectivity index (χ0) is 25.8. The normalized spacial score (nSPS) is 19.1. The van der Waals surface area contributed by atoms with Crippen LogP contribution in [0, 0.1) is 5.92 Å². The number of carboxylic acid groups (broad SMARTS) is 2. The van der Waals surface area contributed by atoms with E-state index in [1.807, 2.05) is 13.8 Å². The molecule has 0 aromatic carbocycles. The van der Waals surface area contributed by atoms with Gasteiger partial charge in [0.1, 0.15) is 18.1 Å². The van der Waals surface area contributed by atoms with Crippen LogP contribution in [0.15, 0.2) is 0 Å². The van der Waals surface area contributed by atoms with E-state index in [0.29, 0.717) is 45.2 Å². The van der Waals surface area contributed by atoms with Crippen LogP contribution in [0.2, 0.25) is 0 Å². The summed E-state index contributed by atoms with van der Waals surface area (Å²) in [5.74, 6) is -4.15. The number of likely N-dealkylation sites (tertiary alicyclic amines) is 1. The summed E-state index contributed by atoms with van der Waals surface area (Å²) in [5.41, 5.74) is 11.6. The SMILES string of the molecule is CCC(C)C(N)C(=O)N1CCCC1C(=O)NC(CCCCN)C(=O)NC(CCC(=O)O)C(=O)O. The van der Waals surface area contributed by atoms with Crippen LogP contribution in [0.3, 0.4) is 0 Å². The summed E-state index contributed by atoms with van der Waals surface area (Å²) in [6.07, 6.45) is 2.36. The Labute approximate surface area is 199 Å². The number of rotatable bonds is 15. The van der Waals surface area contributed by atoms with E-state index in [1.54, 1.807) is 0 Å². The third-order valence-corrected chi connectivity index (χ3v) is 6.22. The molecular formula is C22H39N5O7. The summed E-state index contributed by atoms with van der Waals surface area (Å²) in [4.78, 5) is 62.4. The third-order valence-electron chi connectivity index (χ3n) is 6.22. The molecule has 12 heteroatoms. The highest BCUT2D eigenvalue weighted by molar-refractivity contribution is 5.94. The van der Waals surface area contributed by atoms with Crippen molar-refractivity contribution in [3.63, 3.8) is 0 Å². The van der Waals surface area contributed by atoms with E-state index in [1.165, 1.54) is 4.90 Å². The predicted octanol–water partition coefficient (Wildman–Crippen LogP) is -0.601. The van der Waals surface area contributed by atoms with Gasteiger partial charge in [0.15, 0.2) is 0 Å². The first-order valence-corrected chi connectivity index (χ1v) is 11.8. The zero-order valence-electron chi connectivity index (χ0n) is 20.0. The molecule has 8 N–H and O–H groups in total. The molecule has 0 aromatic heterocycles. The van der Waals surface area contributed by atoms with Gasteiger partial charge in [0.2, 0.25) is 17.7 Å². The molecule has 34 heavy (non-hydrogen) atoms. The maximum absolute atomic E-state index is 13.1. The van der Waals surface area contributed by atoms with Crippen molar-refractivity contribution < 1.29 is 34.2 Å². The van der Waals surface area contributed by atoms with E-state index < -0.39 is 54.3 Å². The molecule has 1 aliphatic heterocycles. The number of carbonyl (C=O) groups excluding carboxylic acids is 3. The van der Waals surface area contributed by atoms with E-state index in [2.05, 4.69) is 10.6 Å². The highest BCUT2D eigenvalue weighted by Crippen LogP contribution is 2.21. The van der Waals surface area contributed by atoms with E-state index in [4.69, 9.17) is 16.6 Å². The van der Waals surface area contributed by atoms with Gasteiger partial charge in [-0.15, -0.1) is 0 Å². The molecule has 1 rings (SSSR count). The minimum absolute atomic E-state index is 0.0506. The van der Waals surface area contributed by atoms with Crippen molar-refractivity contribution in [2.75, 3.05) is 13.1 Å². The monoisotopic (exact) mass is 485 g/mol. The summed E-state index contributed by atoms with van der Waals surface area (Å²) in [5, 5.41) is 23.1. The maximum Gasteiger partial charge on any atom is 0.326 e. The standard InChI is InChI=1S/C22H39N5O7/c1-3-13(2)18(24)21(32)27-12-6-8-16(27)20(31)25-14(7-4-5-11-23)19(30)26-15(22(33)34)9-10-17(28)29/h13-16,18H,3-12,23-24H2,1-2H3,(H,25,31)(H,26,30)(H,28,29)(H,33,34). The summed E-state index contributed by atoms with van der Waals surface area (Å²) in [7, 11) is 0. The van der Waals surface area contributed by atoms with Gasteiger partial charge < -0.3 is 37.2 Å². The van der Waals surface area contributed by atoms with Crippen LogP contribution in [0.1, 0.15) is 65.2 Å². The Morgan fingerprint density at radius 3 is 2.29 bits per heavy atom.